The number of aromatic nitrogens is 2. The standard InChI is InChI=1S/C18H14N2O3/c1-22-15-9-5-8-14(12-15)18(21)23-17-11-10-16(19-20-17)13-6-3-2-4-7-13/h2-12H,1H3. The van der Waals surface area contributed by atoms with Crippen molar-refractivity contribution in [2.45, 2.75) is 0 Å². The monoisotopic (exact) mass is 306 g/mol. The predicted octanol–water partition coefficient (Wildman–Crippen LogP) is 3.37. The number of methoxy groups -OCH3 is 1. The van der Waals surface area contributed by atoms with E-state index in [0.717, 1.165) is 5.56 Å². The molecule has 5 nitrogen and oxygen atoms in total. The summed E-state index contributed by atoms with van der Waals surface area (Å²) < 4.78 is 10.3. The molecule has 114 valence electrons. The molecule has 0 aliphatic carbocycles. The minimum Gasteiger partial charge on any atom is -0.497 e. The zero-order valence-electron chi connectivity index (χ0n) is 12.5. The van der Waals surface area contributed by atoms with Crippen LogP contribution in [0.15, 0.2) is 66.7 Å². The third-order valence-electron chi connectivity index (χ3n) is 3.21. The average molecular weight is 306 g/mol. The summed E-state index contributed by atoms with van der Waals surface area (Å²) in [6.07, 6.45) is 0. The number of rotatable bonds is 4. The molecule has 2 aromatic carbocycles. The van der Waals surface area contributed by atoms with Crippen molar-refractivity contribution in [3.05, 3.63) is 72.3 Å². The molecule has 0 atom stereocenters. The zero-order chi connectivity index (χ0) is 16.1. The number of benzene rings is 2. The predicted molar refractivity (Wildman–Crippen MR) is 85.4 cm³/mol. The Bertz CT molecular complexity index is 802. The molecule has 5 heteroatoms. The summed E-state index contributed by atoms with van der Waals surface area (Å²) in [5.74, 6) is 0.230. The normalized spacial score (nSPS) is 10.1. The maximum absolute atomic E-state index is 12.1. The first kappa shape index (κ1) is 14.7. The van der Waals surface area contributed by atoms with Gasteiger partial charge in [-0.05, 0) is 24.3 Å². The highest BCUT2D eigenvalue weighted by molar-refractivity contribution is 5.91. The highest BCUT2D eigenvalue weighted by atomic mass is 16.5. The molecule has 0 fully saturated rings. The van der Waals surface area contributed by atoms with Crippen molar-refractivity contribution in [3.63, 3.8) is 0 Å². The molecule has 1 heterocycles. The lowest BCUT2D eigenvalue weighted by Gasteiger charge is -2.05. The highest BCUT2D eigenvalue weighted by Crippen LogP contribution is 2.18. The van der Waals surface area contributed by atoms with E-state index < -0.39 is 5.97 Å². The van der Waals surface area contributed by atoms with E-state index in [9.17, 15) is 4.79 Å². The van der Waals surface area contributed by atoms with Crippen LogP contribution < -0.4 is 9.47 Å². The van der Waals surface area contributed by atoms with E-state index >= 15 is 0 Å². The second-order valence-electron chi connectivity index (χ2n) is 4.74. The van der Waals surface area contributed by atoms with Gasteiger partial charge in [0.1, 0.15) is 5.75 Å². The molecule has 0 bridgehead atoms. The lowest BCUT2D eigenvalue weighted by Crippen LogP contribution is -2.10. The van der Waals surface area contributed by atoms with Gasteiger partial charge < -0.3 is 9.47 Å². The van der Waals surface area contributed by atoms with Crippen molar-refractivity contribution < 1.29 is 14.3 Å². The summed E-state index contributed by atoms with van der Waals surface area (Å²) in [6, 6.07) is 19.8. The van der Waals surface area contributed by atoms with Crippen LogP contribution in [0.2, 0.25) is 0 Å². The van der Waals surface area contributed by atoms with Gasteiger partial charge in [0.2, 0.25) is 5.88 Å². The number of carbonyl (C=O) groups is 1. The molecule has 0 aliphatic heterocycles. The topological polar surface area (TPSA) is 61.3 Å². The summed E-state index contributed by atoms with van der Waals surface area (Å²) in [4.78, 5) is 12.1. The van der Waals surface area contributed by atoms with Gasteiger partial charge in [0.25, 0.3) is 0 Å². The second-order valence-corrected chi connectivity index (χ2v) is 4.74. The Morgan fingerprint density at radius 2 is 1.74 bits per heavy atom. The fraction of sp³-hybridized carbons (Fsp3) is 0.0556. The summed E-state index contributed by atoms with van der Waals surface area (Å²) >= 11 is 0. The number of carbonyl (C=O) groups excluding carboxylic acids is 1. The van der Waals surface area contributed by atoms with Crippen molar-refractivity contribution in [1.82, 2.24) is 10.2 Å². The maximum Gasteiger partial charge on any atom is 0.345 e. The lowest BCUT2D eigenvalue weighted by atomic mass is 10.1. The Hall–Kier alpha value is -3.21. The Morgan fingerprint density at radius 1 is 0.913 bits per heavy atom. The fourth-order valence-electron chi connectivity index (χ4n) is 2.04. The van der Waals surface area contributed by atoms with Crippen LogP contribution in [0.3, 0.4) is 0 Å². The van der Waals surface area contributed by atoms with E-state index in [1.807, 2.05) is 30.3 Å². The maximum atomic E-state index is 12.1. The Kier molecular flexibility index (Phi) is 4.29. The molecule has 0 saturated carbocycles. The third kappa shape index (κ3) is 3.52. The van der Waals surface area contributed by atoms with Crippen molar-refractivity contribution in [2.75, 3.05) is 7.11 Å². The van der Waals surface area contributed by atoms with Gasteiger partial charge in [-0.25, -0.2) is 4.79 Å². The summed E-state index contributed by atoms with van der Waals surface area (Å²) in [5.41, 5.74) is 2.05. The first-order valence-corrected chi connectivity index (χ1v) is 7.01. The molecule has 1 aromatic heterocycles. The van der Waals surface area contributed by atoms with Crippen LogP contribution in [0.1, 0.15) is 10.4 Å². The number of esters is 1. The molecule has 0 spiro atoms. The van der Waals surface area contributed by atoms with Gasteiger partial charge >= 0.3 is 5.97 Å². The third-order valence-corrected chi connectivity index (χ3v) is 3.21. The van der Waals surface area contributed by atoms with Gasteiger partial charge in [-0.1, -0.05) is 36.4 Å². The minimum atomic E-state index is -0.509. The van der Waals surface area contributed by atoms with Crippen LogP contribution in [0.5, 0.6) is 11.6 Å². The lowest BCUT2D eigenvalue weighted by molar-refractivity contribution is 0.0725. The van der Waals surface area contributed by atoms with E-state index in [4.69, 9.17) is 9.47 Å². The van der Waals surface area contributed by atoms with Gasteiger partial charge in [0, 0.05) is 11.6 Å². The largest absolute Gasteiger partial charge is 0.497 e. The van der Waals surface area contributed by atoms with Crippen LogP contribution in [-0.2, 0) is 0 Å². The molecule has 0 amide bonds. The van der Waals surface area contributed by atoms with Crippen LogP contribution in [0, 0.1) is 0 Å². The quantitative estimate of drug-likeness (QED) is 0.692. The van der Waals surface area contributed by atoms with Crippen LogP contribution in [0.4, 0.5) is 0 Å². The van der Waals surface area contributed by atoms with E-state index in [0.29, 0.717) is 17.0 Å². The molecule has 0 N–H and O–H groups in total. The van der Waals surface area contributed by atoms with Crippen molar-refractivity contribution in [3.8, 4) is 22.9 Å². The number of hydrogen-bond acceptors (Lipinski definition) is 5. The number of ether oxygens (including phenoxy) is 2. The molecule has 3 aromatic rings. The van der Waals surface area contributed by atoms with Crippen molar-refractivity contribution >= 4 is 5.97 Å². The number of nitrogens with zero attached hydrogens (tertiary/aromatic N) is 2. The summed E-state index contributed by atoms with van der Waals surface area (Å²) in [6.45, 7) is 0. The molecule has 0 radical (unpaired) electrons. The van der Waals surface area contributed by atoms with Gasteiger partial charge in [0.15, 0.2) is 0 Å². The Morgan fingerprint density at radius 3 is 2.43 bits per heavy atom. The fourth-order valence-corrected chi connectivity index (χ4v) is 2.04. The van der Waals surface area contributed by atoms with Crippen LogP contribution in [0.25, 0.3) is 11.3 Å². The van der Waals surface area contributed by atoms with Gasteiger partial charge in [-0.3, -0.25) is 0 Å². The van der Waals surface area contributed by atoms with E-state index in [2.05, 4.69) is 10.2 Å². The van der Waals surface area contributed by atoms with E-state index in [1.54, 1.807) is 36.4 Å². The Balaban J connectivity index is 1.74. The molecule has 0 saturated heterocycles. The van der Waals surface area contributed by atoms with Crippen LogP contribution >= 0.6 is 0 Å². The zero-order valence-corrected chi connectivity index (χ0v) is 12.5. The van der Waals surface area contributed by atoms with Gasteiger partial charge in [-0.2, -0.15) is 0 Å². The Labute approximate surface area is 133 Å². The first-order valence-electron chi connectivity index (χ1n) is 7.01. The van der Waals surface area contributed by atoms with Crippen molar-refractivity contribution in [1.29, 1.82) is 0 Å². The SMILES string of the molecule is COc1cccc(C(=O)Oc2ccc(-c3ccccc3)nn2)c1. The summed E-state index contributed by atoms with van der Waals surface area (Å²) in [5, 5.41) is 8.02. The molecule has 23 heavy (non-hydrogen) atoms. The van der Waals surface area contributed by atoms with E-state index in [1.165, 1.54) is 7.11 Å². The summed E-state index contributed by atoms with van der Waals surface area (Å²) in [7, 11) is 1.54. The molecule has 0 aliphatic rings. The minimum absolute atomic E-state index is 0.150. The average Bonchev–Trinajstić information content (AvgIpc) is 2.63. The van der Waals surface area contributed by atoms with Crippen LogP contribution in [-0.4, -0.2) is 23.3 Å². The first-order chi connectivity index (χ1) is 11.3. The smallest absolute Gasteiger partial charge is 0.345 e. The second kappa shape index (κ2) is 6.70. The van der Waals surface area contributed by atoms with Gasteiger partial charge in [-0.15, -0.1) is 10.2 Å². The molecule has 0 unspecified atom stereocenters. The molecular weight excluding hydrogens is 292 g/mol. The van der Waals surface area contributed by atoms with Crippen molar-refractivity contribution in [2.24, 2.45) is 0 Å². The van der Waals surface area contributed by atoms with E-state index in [-0.39, 0.29) is 5.88 Å². The molecule has 3 rings (SSSR count). The highest BCUT2D eigenvalue weighted by Gasteiger charge is 2.11. The molecular formula is C18H14N2O3. The van der Waals surface area contributed by atoms with Gasteiger partial charge in [0.05, 0.1) is 18.4 Å². The number of hydrogen-bond donors (Lipinski definition) is 0.